The maximum atomic E-state index is 4.88. The van der Waals surface area contributed by atoms with Crippen LogP contribution in [-0.2, 0) is 0 Å². The summed E-state index contributed by atoms with van der Waals surface area (Å²) in [7, 11) is 0. The number of nitrogens with zero attached hydrogens (tertiary/aromatic N) is 1. The Hall–Kier alpha value is -3.34. The molecule has 1 N–H and O–H groups in total. The van der Waals surface area contributed by atoms with Gasteiger partial charge in [-0.1, -0.05) is 84.6 Å². The third-order valence-corrected chi connectivity index (χ3v) is 7.33. The molecule has 31 heavy (non-hydrogen) atoms. The Bertz CT molecular complexity index is 1420. The number of hydrogen-bond acceptors (Lipinski definition) is 4. The number of rotatable bonds is 3. The van der Waals surface area contributed by atoms with Crippen LogP contribution in [0.4, 0.5) is 5.69 Å². The van der Waals surface area contributed by atoms with Crippen molar-refractivity contribution in [3.8, 4) is 22.3 Å². The lowest BCUT2D eigenvalue weighted by atomic mass is 10.1. The van der Waals surface area contributed by atoms with Crippen LogP contribution in [0.5, 0.6) is 0 Å². The van der Waals surface area contributed by atoms with Gasteiger partial charge in [0.2, 0.25) is 0 Å². The number of fused-ring (bicyclic) bond motifs is 2. The fourth-order valence-corrected chi connectivity index (χ4v) is 5.69. The highest BCUT2D eigenvalue weighted by Crippen LogP contribution is 2.43. The Balaban J connectivity index is 1.28. The van der Waals surface area contributed by atoms with E-state index >= 15 is 0 Å². The SMILES string of the molecule is C(=C1\Nc2cc(-c3ccccc3)ccc2S1)/c1nc2cc(-c3ccccc3)ccc2s1. The van der Waals surface area contributed by atoms with Gasteiger partial charge >= 0.3 is 0 Å². The van der Waals surface area contributed by atoms with Crippen molar-refractivity contribution in [2.24, 2.45) is 0 Å². The largest absolute Gasteiger partial charge is 0.349 e. The molecule has 1 aromatic heterocycles. The van der Waals surface area contributed by atoms with E-state index in [2.05, 4.69) is 96.3 Å². The molecule has 0 unspecified atom stereocenters. The van der Waals surface area contributed by atoms with Gasteiger partial charge in [0.15, 0.2) is 0 Å². The van der Waals surface area contributed by atoms with E-state index in [9.17, 15) is 0 Å². The summed E-state index contributed by atoms with van der Waals surface area (Å²) in [5.74, 6) is 0. The van der Waals surface area contributed by atoms with Gasteiger partial charge in [-0.2, -0.15) is 0 Å². The van der Waals surface area contributed by atoms with E-state index in [0.29, 0.717) is 0 Å². The van der Waals surface area contributed by atoms with E-state index in [1.165, 1.54) is 31.8 Å². The minimum absolute atomic E-state index is 1.02. The van der Waals surface area contributed by atoms with E-state index in [1.807, 2.05) is 12.1 Å². The first kappa shape index (κ1) is 18.4. The molecule has 0 bridgehead atoms. The van der Waals surface area contributed by atoms with Gasteiger partial charge in [-0.05, 0) is 46.5 Å². The molecule has 148 valence electrons. The monoisotopic (exact) mass is 434 g/mol. The summed E-state index contributed by atoms with van der Waals surface area (Å²) in [4.78, 5) is 6.13. The van der Waals surface area contributed by atoms with Crippen LogP contribution in [-0.4, -0.2) is 4.98 Å². The van der Waals surface area contributed by atoms with Gasteiger partial charge in [0.05, 0.1) is 20.9 Å². The average molecular weight is 435 g/mol. The summed E-state index contributed by atoms with van der Waals surface area (Å²) in [5, 5.41) is 5.70. The molecule has 0 amide bonds. The summed E-state index contributed by atoms with van der Waals surface area (Å²) in [6, 6.07) is 34.1. The van der Waals surface area contributed by atoms with Crippen LogP contribution in [0.25, 0.3) is 38.5 Å². The van der Waals surface area contributed by atoms with Gasteiger partial charge < -0.3 is 5.32 Å². The fourth-order valence-electron chi connectivity index (χ4n) is 3.80. The van der Waals surface area contributed by atoms with Gasteiger partial charge in [0, 0.05) is 11.0 Å². The molecule has 2 heterocycles. The first-order valence-corrected chi connectivity index (χ1v) is 11.8. The topological polar surface area (TPSA) is 24.9 Å². The maximum absolute atomic E-state index is 4.88. The highest BCUT2D eigenvalue weighted by molar-refractivity contribution is 8.03. The molecule has 0 fully saturated rings. The van der Waals surface area contributed by atoms with Gasteiger partial charge in [0.1, 0.15) is 5.01 Å². The van der Waals surface area contributed by atoms with Crippen LogP contribution in [0.15, 0.2) is 107 Å². The van der Waals surface area contributed by atoms with Crippen LogP contribution in [0.1, 0.15) is 5.01 Å². The molecule has 0 aliphatic carbocycles. The molecule has 0 saturated heterocycles. The summed E-state index contributed by atoms with van der Waals surface area (Å²) >= 11 is 3.49. The van der Waals surface area contributed by atoms with E-state index < -0.39 is 0 Å². The number of hydrogen-bond donors (Lipinski definition) is 1. The number of anilines is 1. The lowest BCUT2D eigenvalue weighted by Crippen LogP contribution is -1.88. The molecule has 0 saturated carbocycles. The third kappa shape index (κ3) is 3.65. The Labute approximate surface area is 189 Å². The predicted octanol–water partition coefficient (Wildman–Crippen LogP) is 8.15. The van der Waals surface area contributed by atoms with Gasteiger partial charge in [0.25, 0.3) is 0 Å². The van der Waals surface area contributed by atoms with Crippen molar-refractivity contribution >= 4 is 45.1 Å². The Morgan fingerprint density at radius 1 is 0.677 bits per heavy atom. The Morgan fingerprint density at radius 3 is 2.10 bits per heavy atom. The Morgan fingerprint density at radius 2 is 1.35 bits per heavy atom. The molecule has 1 aliphatic heterocycles. The first-order chi connectivity index (χ1) is 15.3. The van der Waals surface area contributed by atoms with Crippen molar-refractivity contribution in [3.05, 3.63) is 107 Å². The summed E-state index contributed by atoms with van der Waals surface area (Å²) in [5.41, 5.74) is 7.08. The van der Waals surface area contributed by atoms with E-state index in [4.69, 9.17) is 4.98 Å². The molecule has 2 nitrogen and oxygen atoms in total. The van der Waals surface area contributed by atoms with Crippen LogP contribution in [0.2, 0.25) is 0 Å². The number of benzene rings is 4. The third-order valence-electron chi connectivity index (χ3n) is 5.33. The van der Waals surface area contributed by atoms with Crippen molar-refractivity contribution in [2.75, 3.05) is 5.32 Å². The second kappa shape index (κ2) is 7.73. The van der Waals surface area contributed by atoms with E-state index in [1.54, 1.807) is 23.1 Å². The molecular weight excluding hydrogens is 416 g/mol. The quantitative estimate of drug-likeness (QED) is 0.310. The zero-order chi connectivity index (χ0) is 20.6. The van der Waals surface area contributed by atoms with Gasteiger partial charge in [-0.25, -0.2) is 4.98 Å². The van der Waals surface area contributed by atoms with Crippen molar-refractivity contribution in [1.29, 1.82) is 0 Å². The van der Waals surface area contributed by atoms with Crippen LogP contribution in [0.3, 0.4) is 0 Å². The molecule has 1 aliphatic rings. The molecule has 0 spiro atoms. The molecule has 5 aromatic rings. The van der Waals surface area contributed by atoms with Crippen LogP contribution >= 0.6 is 23.1 Å². The molecule has 4 heteroatoms. The molecule has 0 atom stereocenters. The molecule has 6 rings (SSSR count). The predicted molar refractivity (Wildman–Crippen MR) is 134 cm³/mol. The van der Waals surface area contributed by atoms with Crippen molar-refractivity contribution in [2.45, 2.75) is 4.90 Å². The second-order valence-electron chi connectivity index (χ2n) is 7.41. The second-order valence-corrected chi connectivity index (χ2v) is 9.56. The van der Waals surface area contributed by atoms with Crippen LogP contribution in [0, 0.1) is 0 Å². The highest BCUT2D eigenvalue weighted by Gasteiger charge is 2.17. The zero-order valence-electron chi connectivity index (χ0n) is 16.6. The van der Waals surface area contributed by atoms with Crippen molar-refractivity contribution < 1.29 is 0 Å². The standard InChI is InChI=1S/C27H18N2S2/c1-3-7-18(8-4-1)20-11-13-24-22(15-20)28-26(30-24)17-27-29-23-16-21(12-14-25(23)31-27)19-9-5-2-6-10-19/h1-17,28H/b26-17-. The number of aromatic nitrogens is 1. The van der Waals surface area contributed by atoms with Gasteiger partial charge in [-0.3, -0.25) is 0 Å². The first-order valence-electron chi connectivity index (χ1n) is 10.1. The number of thioether (sulfide) groups is 1. The van der Waals surface area contributed by atoms with Crippen molar-refractivity contribution in [3.63, 3.8) is 0 Å². The lowest BCUT2D eigenvalue weighted by molar-refractivity contribution is 1.44. The zero-order valence-corrected chi connectivity index (χ0v) is 18.2. The maximum Gasteiger partial charge on any atom is 0.119 e. The number of thiazole rings is 1. The normalized spacial score (nSPS) is 14.0. The summed E-state index contributed by atoms with van der Waals surface area (Å²) < 4.78 is 1.21. The van der Waals surface area contributed by atoms with E-state index in [0.717, 1.165) is 21.2 Å². The van der Waals surface area contributed by atoms with E-state index in [-0.39, 0.29) is 0 Å². The minimum Gasteiger partial charge on any atom is -0.349 e. The lowest BCUT2D eigenvalue weighted by Gasteiger charge is -2.04. The Kier molecular flexibility index (Phi) is 4.59. The number of nitrogens with one attached hydrogen (secondary N) is 1. The van der Waals surface area contributed by atoms with Gasteiger partial charge in [-0.15, -0.1) is 11.3 Å². The van der Waals surface area contributed by atoms with Crippen molar-refractivity contribution in [1.82, 2.24) is 4.98 Å². The van der Waals surface area contributed by atoms with Crippen LogP contribution < -0.4 is 5.32 Å². The summed E-state index contributed by atoms with van der Waals surface area (Å²) in [6.07, 6.45) is 2.15. The fraction of sp³-hybridized carbons (Fsp3) is 0. The minimum atomic E-state index is 1.02. The summed E-state index contributed by atoms with van der Waals surface area (Å²) in [6.45, 7) is 0. The molecule has 4 aromatic carbocycles. The average Bonchev–Trinajstić information content (AvgIpc) is 3.42. The molecule has 0 radical (unpaired) electrons. The molecular formula is C27H18N2S2. The smallest absolute Gasteiger partial charge is 0.119 e. The highest BCUT2D eigenvalue weighted by atomic mass is 32.2.